The van der Waals surface area contributed by atoms with E-state index in [9.17, 15) is 0 Å². The smallest absolute Gasteiger partial charge is 0.101 e. The molecule has 2 aliphatic carbocycles. The molecule has 2 heterocycles. The number of anilines is 1. The second kappa shape index (κ2) is 3.21. The van der Waals surface area contributed by atoms with E-state index < -0.39 is 0 Å². The highest BCUT2D eigenvalue weighted by Gasteiger charge is 2.65. The summed E-state index contributed by atoms with van der Waals surface area (Å²) in [5.41, 5.74) is 2.43. The largest absolute Gasteiger partial charge is 0.242 e. The SMILES string of the molecule is Cc1ccc(N2N=N[C@H]3[C@H]4C[C@H]([C@@H]5N=N[C@H]45)[C@H]32)cc1. The monoisotopic (exact) mass is 253 g/mol. The summed E-state index contributed by atoms with van der Waals surface area (Å²) < 4.78 is 0. The standard InChI is InChI=1S/C14H15N5/c1-7-2-4-8(5-3-7)19-14-10-6-9(13(14)17-18-19)11-12(10)16-15-11/h2-5,9-14H,6H2,1H3/t9-,10+,11+,12-,13-,14+/m0/s1. The van der Waals surface area contributed by atoms with Gasteiger partial charge >= 0.3 is 0 Å². The maximum atomic E-state index is 4.53. The lowest BCUT2D eigenvalue weighted by Gasteiger charge is -2.38. The van der Waals surface area contributed by atoms with Crippen molar-refractivity contribution < 1.29 is 0 Å². The van der Waals surface area contributed by atoms with E-state index in [0.29, 0.717) is 36.0 Å². The molecule has 0 radical (unpaired) electrons. The Labute approximate surface area is 111 Å². The van der Waals surface area contributed by atoms with Crippen LogP contribution in [-0.2, 0) is 0 Å². The highest BCUT2D eigenvalue weighted by Crippen LogP contribution is 2.56. The van der Waals surface area contributed by atoms with Gasteiger partial charge in [0.2, 0.25) is 0 Å². The molecular formula is C14H15N5. The highest BCUT2D eigenvalue weighted by atomic mass is 15.6. The molecule has 2 fully saturated rings. The molecule has 1 aromatic carbocycles. The first-order chi connectivity index (χ1) is 9.33. The van der Waals surface area contributed by atoms with Crippen molar-refractivity contribution in [2.75, 3.05) is 5.01 Å². The van der Waals surface area contributed by atoms with Gasteiger partial charge in [0.25, 0.3) is 0 Å². The number of aryl methyl sites for hydroxylation is 1. The van der Waals surface area contributed by atoms with Crippen molar-refractivity contribution in [3.05, 3.63) is 29.8 Å². The van der Waals surface area contributed by atoms with Crippen molar-refractivity contribution in [2.24, 2.45) is 32.4 Å². The van der Waals surface area contributed by atoms with E-state index in [1.807, 2.05) is 0 Å². The van der Waals surface area contributed by atoms with Crippen molar-refractivity contribution in [1.29, 1.82) is 0 Å². The Kier molecular flexibility index (Phi) is 1.70. The topological polar surface area (TPSA) is 52.7 Å². The van der Waals surface area contributed by atoms with E-state index in [-0.39, 0.29) is 0 Å². The molecule has 96 valence electrons. The van der Waals surface area contributed by atoms with Crippen LogP contribution in [0.25, 0.3) is 0 Å². The molecule has 5 rings (SSSR count). The zero-order valence-electron chi connectivity index (χ0n) is 10.7. The number of nitrogens with zero attached hydrogens (tertiary/aromatic N) is 5. The Morgan fingerprint density at radius 3 is 2.42 bits per heavy atom. The van der Waals surface area contributed by atoms with Crippen LogP contribution < -0.4 is 5.01 Å². The lowest BCUT2D eigenvalue weighted by atomic mass is 9.82. The van der Waals surface area contributed by atoms with Crippen LogP contribution in [-0.4, -0.2) is 24.2 Å². The Balaban J connectivity index is 1.52. The molecule has 5 nitrogen and oxygen atoms in total. The molecular weight excluding hydrogens is 238 g/mol. The molecule has 0 N–H and O–H groups in total. The number of fused-ring (bicyclic) bond motifs is 8. The number of benzene rings is 1. The molecule has 6 atom stereocenters. The average Bonchev–Trinajstić information content (AvgIpc) is 2.98. The fourth-order valence-electron chi connectivity index (χ4n) is 4.26. The molecule has 2 saturated carbocycles. The molecule has 5 heteroatoms. The fraction of sp³-hybridized carbons (Fsp3) is 0.571. The van der Waals surface area contributed by atoms with Gasteiger partial charge in [-0.25, -0.2) is 5.01 Å². The third-order valence-corrected chi connectivity index (χ3v) is 5.19. The Morgan fingerprint density at radius 1 is 0.947 bits per heavy atom. The number of azo groups is 1. The normalized spacial score (nSPS) is 44.4. The van der Waals surface area contributed by atoms with Crippen LogP contribution in [0.3, 0.4) is 0 Å². The van der Waals surface area contributed by atoms with Crippen LogP contribution in [0.1, 0.15) is 12.0 Å². The summed E-state index contributed by atoms with van der Waals surface area (Å²) in [7, 11) is 0. The minimum Gasteiger partial charge on any atom is -0.242 e. The third kappa shape index (κ3) is 1.12. The van der Waals surface area contributed by atoms with Gasteiger partial charge in [0, 0.05) is 11.8 Å². The van der Waals surface area contributed by atoms with Crippen LogP contribution in [0, 0.1) is 18.8 Å². The van der Waals surface area contributed by atoms with E-state index in [2.05, 4.69) is 56.8 Å². The Morgan fingerprint density at radius 2 is 1.68 bits per heavy atom. The molecule has 19 heavy (non-hydrogen) atoms. The highest BCUT2D eigenvalue weighted by molar-refractivity contribution is 5.50. The summed E-state index contributed by atoms with van der Waals surface area (Å²) >= 11 is 0. The van der Waals surface area contributed by atoms with E-state index in [4.69, 9.17) is 0 Å². The first-order valence-corrected chi connectivity index (χ1v) is 6.99. The van der Waals surface area contributed by atoms with Gasteiger partial charge in [-0.05, 0) is 25.5 Å². The van der Waals surface area contributed by atoms with Crippen molar-refractivity contribution in [3.63, 3.8) is 0 Å². The maximum Gasteiger partial charge on any atom is 0.101 e. The van der Waals surface area contributed by atoms with Crippen LogP contribution in [0.2, 0.25) is 0 Å². The minimum atomic E-state index is 0.340. The first-order valence-electron chi connectivity index (χ1n) is 6.99. The molecule has 4 aliphatic rings. The lowest BCUT2D eigenvalue weighted by molar-refractivity contribution is 0.242. The van der Waals surface area contributed by atoms with Crippen molar-refractivity contribution in [2.45, 2.75) is 37.5 Å². The van der Waals surface area contributed by atoms with Gasteiger partial charge in [-0.1, -0.05) is 22.9 Å². The van der Waals surface area contributed by atoms with Crippen LogP contribution >= 0.6 is 0 Å². The van der Waals surface area contributed by atoms with E-state index in [1.165, 1.54) is 12.0 Å². The molecule has 0 unspecified atom stereocenters. The maximum absolute atomic E-state index is 4.53. The van der Waals surface area contributed by atoms with Crippen LogP contribution in [0.5, 0.6) is 0 Å². The quantitative estimate of drug-likeness (QED) is 0.759. The van der Waals surface area contributed by atoms with Gasteiger partial charge in [-0.3, -0.25) is 0 Å². The predicted octanol–water partition coefficient (Wildman–Crippen LogP) is 2.77. The predicted molar refractivity (Wildman–Crippen MR) is 70.1 cm³/mol. The minimum absolute atomic E-state index is 0.340. The third-order valence-electron chi connectivity index (χ3n) is 5.19. The molecule has 2 bridgehead atoms. The number of rotatable bonds is 1. The molecule has 1 aromatic rings. The van der Waals surface area contributed by atoms with E-state index >= 15 is 0 Å². The van der Waals surface area contributed by atoms with Crippen molar-refractivity contribution in [1.82, 2.24) is 0 Å². The Bertz CT molecular complexity index is 592. The summed E-state index contributed by atoms with van der Waals surface area (Å²) in [4.78, 5) is 0. The fourth-order valence-corrected chi connectivity index (χ4v) is 4.26. The van der Waals surface area contributed by atoms with Gasteiger partial charge in [-0.2, -0.15) is 15.3 Å². The van der Waals surface area contributed by atoms with Gasteiger partial charge in [-0.15, -0.1) is 0 Å². The van der Waals surface area contributed by atoms with Crippen molar-refractivity contribution >= 4 is 5.69 Å². The van der Waals surface area contributed by atoms with Gasteiger partial charge in [0.05, 0.1) is 11.7 Å². The number of hydrogen-bond acceptors (Lipinski definition) is 5. The average molecular weight is 253 g/mol. The zero-order chi connectivity index (χ0) is 12.6. The van der Waals surface area contributed by atoms with Crippen LogP contribution in [0.4, 0.5) is 5.69 Å². The van der Waals surface area contributed by atoms with Crippen molar-refractivity contribution in [3.8, 4) is 0 Å². The summed E-state index contributed by atoms with van der Waals surface area (Å²) in [6, 6.07) is 10.2. The molecule has 0 saturated heterocycles. The second-order valence-corrected chi connectivity index (χ2v) is 6.14. The van der Waals surface area contributed by atoms with Gasteiger partial charge < -0.3 is 0 Å². The van der Waals surface area contributed by atoms with Crippen LogP contribution in [0.15, 0.2) is 44.8 Å². The summed E-state index contributed by atoms with van der Waals surface area (Å²) in [5.74, 6) is 1.17. The zero-order valence-corrected chi connectivity index (χ0v) is 10.7. The molecule has 0 aromatic heterocycles. The summed E-state index contributed by atoms with van der Waals surface area (Å²) in [6.45, 7) is 2.11. The first kappa shape index (κ1) is 10.1. The lowest BCUT2D eigenvalue weighted by Crippen LogP contribution is -2.52. The molecule has 0 spiro atoms. The van der Waals surface area contributed by atoms with Gasteiger partial charge in [0.1, 0.15) is 18.1 Å². The molecule has 0 amide bonds. The summed E-state index contributed by atoms with van der Waals surface area (Å²) in [6.07, 6.45) is 1.22. The van der Waals surface area contributed by atoms with E-state index in [0.717, 1.165) is 5.69 Å². The van der Waals surface area contributed by atoms with Gasteiger partial charge in [0.15, 0.2) is 0 Å². The summed E-state index contributed by atoms with van der Waals surface area (Å²) in [5, 5.41) is 19.7. The molecule has 2 aliphatic heterocycles. The van der Waals surface area contributed by atoms with E-state index in [1.54, 1.807) is 0 Å². The Hall–Kier alpha value is -1.78. The number of hydrogen-bond donors (Lipinski definition) is 0. The second-order valence-electron chi connectivity index (χ2n) is 6.14.